The van der Waals surface area contributed by atoms with Crippen LogP contribution in [-0.4, -0.2) is 28.4 Å². The molecule has 19 heavy (non-hydrogen) atoms. The highest BCUT2D eigenvalue weighted by Gasteiger charge is 2.15. The molecule has 0 radical (unpaired) electrons. The first-order chi connectivity index (χ1) is 9.11. The van der Waals surface area contributed by atoms with Crippen molar-refractivity contribution in [1.29, 1.82) is 0 Å². The molecule has 0 aliphatic carbocycles. The summed E-state index contributed by atoms with van der Waals surface area (Å²) in [4.78, 5) is 11.7. The number of nitrogens with one attached hydrogen (secondary N) is 2. The highest BCUT2D eigenvalue weighted by atomic mass is 19.1. The molecular weight excluding hydrogens is 251 g/mol. The summed E-state index contributed by atoms with van der Waals surface area (Å²) in [6.07, 6.45) is 1.32. The molecule has 2 N–H and O–H groups in total. The molecule has 6 nitrogen and oxygen atoms in total. The van der Waals surface area contributed by atoms with Crippen LogP contribution in [0.3, 0.4) is 0 Å². The van der Waals surface area contributed by atoms with Crippen LogP contribution in [0.5, 0.6) is 5.75 Å². The highest BCUT2D eigenvalue weighted by molar-refractivity contribution is 5.92. The van der Waals surface area contributed by atoms with Crippen molar-refractivity contribution in [2.75, 3.05) is 7.11 Å². The molecular formula is C12H13FN4O2. The van der Waals surface area contributed by atoms with Gasteiger partial charge in [-0.3, -0.25) is 4.79 Å². The Bertz CT molecular complexity index is 571. The fraction of sp³-hybridized carbons (Fsp3) is 0.250. The van der Waals surface area contributed by atoms with Gasteiger partial charge in [0.25, 0.3) is 5.91 Å². The van der Waals surface area contributed by atoms with E-state index >= 15 is 0 Å². The van der Waals surface area contributed by atoms with Gasteiger partial charge in [0.05, 0.1) is 19.3 Å². The largest absolute Gasteiger partial charge is 0.494 e. The fourth-order valence-corrected chi connectivity index (χ4v) is 1.62. The molecule has 100 valence electrons. The minimum atomic E-state index is -0.470. The molecule has 7 heteroatoms. The number of methoxy groups -OCH3 is 1. The van der Waals surface area contributed by atoms with E-state index in [9.17, 15) is 9.18 Å². The average Bonchev–Trinajstić information content (AvgIpc) is 2.92. The standard InChI is InChI=1S/C12H13FN4O2/c1-7(15-12(18)10-6-14-17-16-10)8-3-4-11(19-2)9(13)5-8/h3-7H,1-2H3,(H,15,18)(H,14,16,17). The lowest BCUT2D eigenvalue weighted by Crippen LogP contribution is -2.27. The summed E-state index contributed by atoms with van der Waals surface area (Å²) in [7, 11) is 1.40. The van der Waals surface area contributed by atoms with E-state index in [1.54, 1.807) is 13.0 Å². The molecule has 0 aliphatic rings. The van der Waals surface area contributed by atoms with Crippen molar-refractivity contribution in [1.82, 2.24) is 20.7 Å². The van der Waals surface area contributed by atoms with Gasteiger partial charge in [-0.2, -0.15) is 15.4 Å². The quantitative estimate of drug-likeness (QED) is 0.875. The fourth-order valence-electron chi connectivity index (χ4n) is 1.62. The number of halogens is 1. The predicted molar refractivity (Wildman–Crippen MR) is 65.2 cm³/mol. The maximum atomic E-state index is 13.6. The second kappa shape index (κ2) is 5.47. The van der Waals surface area contributed by atoms with E-state index < -0.39 is 5.82 Å². The minimum Gasteiger partial charge on any atom is -0.494 e. The van der Waals surface area contributed by atoms with Crippen LogP contribution in [0, 0.1) is 5.82 Å². The van der Waals surface area contributed by atoms with E-state index in [2.05, 4.69) is 20.7 Å². The van der Waals surface area contributed by atoms with Gasteiger partial charge < -0.3 is 10.1 Å². The zero-order valence-electron chi connectivity index (χ0n) is 10.5. The van der Waals surface area contributed by atoms with Crippen molar-refractivity contribution in [3.8, 4) is 5.75 Å². The van der Waals surface area contributed by atoms with Gasteiger partial charge in [0, 0.05) is 0 Å². The van der Waals surface area contributed by atoms with Crippen molar-refractivity contribution < 1.29 is 13.9 Å². The van der Waals surface area contributed by atoms with Crippen molar-refractivity contribution in [2.45, 2.75) is 13.0 Å². The highest BCUT2D eigenvalue weighted by Crippen LogP contribution is 2.21. The zero-order chi connectivity index (χ0) is 13.8. The van der Waals surface area contributed by atoms with Gasteiger partial charge in [-0.1, -0.05) is 6.07 Å². The molecule has 0 saturated carbocycles. The Balaban J connectivity index is 2.09. The van der Waals surface area contributed by atoms with Gasteiger partial charge in [-0.25, -0.2) is 4.39 Å². The lowest BCUT2D eigenvalue weighted by atomic mass is 10.1. The number of carbonyl (C=O) groups excluding carboxylic acids is 1. The third-order valence-electron chi connectivity index (χ3n) is 2.67. The summed E-state index contributed by atoms with van der Waals surface area (Å²) in [5.74, 6) is -0.682. The molecule has 0 saturated heterocycles. The maximum Gasteiger partial charge on any atom is 0.273 e. The Morgan fingerprint density at radius 1 is 1.53 bits per heavy atom. The van der Waals surface area contributed by atoms with Crippen LogP contribution in [0.4, 0.5) is 4.39 Å². The Hall–Kier alpha value is -2.44. The first kappa shape index (κ1) is 13.0. The van der Waals surface area contributed by atoms with Crippen molar-refractivity contribution in [3.05, 3.63) is 41.5 Å². The molecule has 1 heterocycles. The first-order valence-electron chi connectivity index (χ1n) is 5.62. The molecule has 1 atom stereocenters. The van der Waals surface area contributed by atoms with E-state index in [-0.39, 0.29) is 23.4 Å². The summed E-state index contributed by atoms with van der Waals surface area (Å²) in [6, 6.07) is 4.18. The Morgan fingerprint density at radius 3 is 2.89 bits per heavy atom. The summed E-state index contributed by atoms with van der Waals surface area (Å²) >= 11 is 0. The number of rotatable bonds is 4. The summed E-state index contributed by atoms with van der Waals surface area (Å²) in [5, 5.41) is 12.3. The van der Waals surface area contributed by atoms with Crippen LogP contribution in [0.2, 0.25) is 0 Å². The number of H-pyrrole nitrogens is 1. The number of nitrogens with zero attached hydrogens (tertiary/aromatic N) is 2. The molecule has 0 aliphatic heterocycles. The molecule has 1 amide bonds. The lowest BCUT2D eigenvalue weighted by molar-refractivity contribution is 0.0934. The molecule has 1 aromatic heterocycles. The van der Waals surface area contributed by atoms with E-state index in [1.807, 2.05) is 0 Å². The minimum absolute atomic E-state index is 0.166. The second-order valence-corrected chi connectivity index (χ2v) is 3.94. The van der Waals surface area contributed by atoms with Gasteiger partial charge in [0.1, 0.15) is 0 Å². The van der Waals surface area contributed by atoms with Crippen molar-refractivity contribution in [2.24, 2.45) is 0 Å². The van der Waals surface area contributed by atoms with Crippen LogP contribution < -0.4 is 10.1 Å². The molecule has 0 bridgehead atoms. The maximum absolute atomic E-state index is 13.6. The predicted octanol–water partition coefficient (Wildman–Crippen LogP) is 1.44. The molecule has 2 rings (SSSR count). The van der Waals surface area contributed by atoms with Gasteiger partial charge in [0.15, 0.2) is 17.3 Å². The van der Waals surface area contributed by atoms with Crippen LogP contribution >= 0.6 is 0 Å². The number of benzene rings is 1. The Labute approximate surface area is 109 Å². The third kappa shape index (κ3) is 2.87. The van der Waals surface area contributed by atoms with Gasteiger partial charge in [-0.05, 0) is 24.6 Å². The van der Waals surface area contributed by atoms with Gasteiger partial charge >= 0.3 is 0 Å². The normalized spacial score (nSPS) is 11.9. The van der Waals surface area contributed by atoms with Crippen molar-refractivity contribution in [3.63, 3.8) is 0 Å². The molecule has 1 aromatic carbocycles. The lowest BCUT2D eigenvalue weighted by Gasteiger charge is -2.14. The van der Waals surface area contributed by atoms with E-state index in [1.165, 1.54) is 25.4 Å². The number of aromatic nitrogens is 3. The number of carbonyl (C=O) groups is 1. The summed E-state index contributed by atoms with van der Waals surface area (Å²) < 4.78 is 18.4. The van der Waals surface area contributed by atoms with Crippen LogP contribution in [0.1, 0.15) is 29.0 Å². The van der Waals surface area contributed by atoms with Gasteiger partial charge in [0.2, 0.25) is 0 Å². The third-order valence-corrected chi connectivity index (χ3v) is 2.67. The topological polar surface area (TPSA) is 79.9 Å². The monoisotopic (exact) mass is 264 g/mol. The van der Waals surface area contributed by atoms with E-state index in [0.717, 1.165) is 0 Å². The van der Waals surface area contributed by atoms with E-state index in [4.69, 9.17) is 4.74 Å². The Kier molecular flexibility index (Phi) is 3.74. The summed E-state index contributed by atoms with van der Waals surface area (Å²) in [6.45, 7) is 1.75. The average molecular weight is 264 g/mol. The molecule has 1 unspecified atom stereocenters. The van der Waals surface area contributed by atoms with Crippen LogP contribution in [-0.2, 0) is 0 Å². The van der Waals surface area contributed by atoms with E-state index in [0.29, 0.717) is 5.56 Å². The molecule has 0 fully saturated rings. The van der Waals surface area contributed by atoms with Crippen LogP contribution in [0.25, 0.3) is 0 Å². The number of hydrogen-bond donors (Lipinski definition) is 2. The number of amides is 1. The Morgan fingerprint density at radius 2 is 2.32 bits per heavy atom. The second-order valence-electron chi connectivity index (χ2n) is 3.94. The number of hydrogen-bond acceptors (Lipinski definition) is 4. The summed E-state index contributed by atoms with van der Waals surface area (Å²) in [5.41, 5.74) is 0.816. The molecule has 0 spiro atoms. The van der Waals surface area contributed by atoms with Gasteiger partial charge in [-0.15, -0.1) is 0 Å². The number of ether oxygens (including phenoxy) is 1. The van der Waals surface area contributed by atoms with Crippen LogP contribution in [0.15, 0.2) is 24.4 Å². The number of aromatic amines is 1. The first-order valence-corrected chi connectivity index (χ1v) is 5.62. The van der Waals surface area contributed by atoms with Crippen molar-refractivity contribution >= 4 is 5.91 Å². The SMILES string of the molecule is COc1ccc(C(C)NC(=O)c2cn[nH]n2)cc1F. The zero-order valence-corrected chi connectivity index (χ0v) is 10.5. The smallest absolute Gasteiger partial charge is 0.273 e. The molecule has 2 aromatic rings.